The van der Waals surface area contributed by atoms with E-state index < -0.39 is 0 Å². The second-order valence-electron chi connectivity index (χ2n) is 6.42. The van der Waals surface area contributed by atoms with Gasteiger partial charge in [0, 0.05) is 29.0 Å². The van der Waals surface area contributed by atoms with E-state index in [0.29, 0.717) is 69.3 Å². The summed E-state index contributed by atoms with van der Waals surface area (Å²) >= 11 is 9.78. The first-order valence-corrected chi connectivity index (χ1v) is 12.4. The molecule has 0 saturated heterocycles. The third-order valence-electron chi connectivity index (χ3n) is 4.66. The zero-order chi connectivity index (χ0) is 22.4. The Morgan fingerprint density at radius 1 is 1.26 bits per heavy atom. The van der Waals surface area contributed by atoms with Gasteiger partial charge in [-0.2, -0.15) is 17.0 Å². The number of allylic oxidation sites excluding steroid dienone is 4. The van der Waals surface area contributed by atoms with Crippen LogP contribution < -0.4 is 0 Å². The maximum absolute atomic E-state index is 9.82. The first-order valence-electron chi connectivity index (χ1n) is 9.38. The quantitative estimate of drug-likeness (QED) is 0.289. The summed E-state index contributed by atoms with van der Waals surface area (Å²) in [6.07, 6.45) is 9.80. The van der Waals surface area contributed by atoms with Gasteiger partial charge in [0.25, 0.3) is 0 Å². The standard InChI is InChI=1S/C21H23ClN4O3S2/c1-27-16-6-5-15(22)14(9-17(16)28-2)19-18-13(10-23)11-26(12-29-7-8-30-3)20(18)25-21(24-19)31-4/h5,9,11H,6-8,12H2,1-4H3. The molecule has 2 aromatic rings. The Hall–Kier alpha value is -2.12. The number of thioether (sulfide) groups is 2. The molecule has 3 rings (SSSR count). The lowest BCUT2D eigenvalue weighted by atomic mass is 10.1. The van der Waals surface area contributed by atoms with E-state index >= 15 is 0 Å². The van der Waals surface area contributed by atoms with E-state index in [-0.39, 0.29) is 0 Å². The molecule has 0 atom stereocenters. The molecular weight excluding hydrogens is 456 g/mol. The van der Waals surface area contributed by atoms with E-state index in [1.54, 1.807) is 38.3 Å². The van der Waals surface area contributed by atoms with Crippen LogP contribution in [0, 0.1) is 11.3 Å². The zero-order valence-corrected chi connectivity index (χ0v) is 20.2. The van der Waals surface area contributed by atoms with Crippen LogP contribution in [0.15, 0.2) is 40.1 Å². The highest BCUT2D eigenvalue weighted by atomic mass is 35.5. The van der Waals surface area contributed by atoms with Gasteiger partial charge >= 0.3 is 0 Å². The predicted molar refractivity (Wildman–Crippen MR) is 126 cm³/mol. The van der Waals surface area contributed by atoms with Crippen molar-refractivity contribution in [3.63, 3.8) is 0 Å². The lowest BCUT2D eigenvalue weighted by Gasteiger charge is -2.11. The molecule has 31 heavy (non-hydrogen) atoms. The minimum absolute atomic E-state index is 0.294. The first kappa shape index (κ1) is 23.5. The Labute approximate surface area is 195 Å². The van der Waals surface area contributed by atoms with Crippen LogP contribution in [0.1, 0.15) is 17.7 Å². The highest BCUT2D eigenvalue weighted by Crippen LogP contribution is 2.37. The number of fused-ring (bicyclic) bond motifs is 1. The van der Waals surface area contributed by atoms with Crippen molar-refractivity contribution in [3.8, 4) is 6.07 Å². The van der Waals surface area contributed by atoms with Crippen molar-refractivity contribution in [2.75, 3.05) is 39.1 Å². The second kappa shape index (κ2) is 11.0. The van der Waals surface area contributed by atoms with Crippen LogP contribution in [0.3, 0.4) is 0 Å². The van der Waals surface area contributed by atoms with Gasteiger partial charge in [0.2, 0.25) is 0 Å². The molecule has 2 heterocycles. The minimum atomic E-state index is 0.294. The number of ether oxygens (including phenoxy) is 3. The molecule has 7 nitrogen and oxygen atoms in total. The summed E-state index contributed by atoms with van der Waals surface area (Å²) in [6, 6.07) is 2.26. The Morgan fingerprint density at radius 2 is 2.06 bits per heavy atom. The molecule has 164 valence electrons. The van der Waals surface area contributed by atoms with Gasteiger partial charge in [0.15, 0.2) is 10.9 Å². The molecule has 0 bridgehead atoms. The molecule has 0 fully saturated rings. The van der Waals surface area contributed by atoms with Crippen LogP contribution in [0.2, 0.25) is 0 Å². The van der Waals surface area contributed by atoms with Crippen molar-refractivity contribution in [1.29, 1.82) is 5.26 Å². The molecule has 0 saturated carbocycles. The third-order valence-corrected chi connectivity index (χ3v) is 6.14. The van der Waals surface area contributed by atoms with Crippen molar-refractivity contribution in [2.45, 2.75) is 18.3 Å². The van der Waals surface area contributed by atoms with Crippen LogP contribution in [0.5, 0.6) is 0 Å². The highest BCUT2D eigenvalue weighted by Gasteiger charge is 2.23. The number of rotatable bonds is 9. The first-order chi connectivity index (χ1) is 15.1. The highest BCUT2D eigenvalue weighted by molar-refractivity contribution is 7.98. The fourth-order valence-corrected chi connectivity index (χ4v) is 4.02. The second-order valence-corrected chi connectivity index (χ2v) is 8.59. The average molecular weight is 479 g/mol. The third kappa shape index (κ3) is 5.04. The summed E-state index contributed by atoms with van der Waals surface area (Å²) in [4.78, 5) is 9.37. The number of aromatic nitrogens is 3. The van der Waals surface area contributed by atoms with Crippen LogP contribution >= 0.6 is 35.1 Å². The van der Waals surface area contributed by atoms with Crippen molar-refractivity contribution in [3.05, 3.63) is 46.2 Å². The van der Waals surface area contributed by atoms with Gasteiger partial charge in [-0.1, -0.05) is 29.4 Å². The Bertz CT molecular complexity index is 1100. The fraction of sp³-hybridized carbons (Fsp3) is 0.381. The SMILES string of the molecule is COC1=C(OC)CC=C(Cl)C(c2nc(SC)nc3c2c(C#N)cn3COCCSC)=C1. The van der Waals surface area contributed by atoms with Crippen LogP contribution in [0.4, 0.5) is 0 Å². The van der Waals surface area contributed by atoms with E-state index in [9.17, 15) is 5.26 Å². The summed E-state index contributed by atoms with van der Waals surface area (Å²) < 4.78 is 18.6. The van der Waals surface area contributed by atoms with Crippen LogP contribution in [-0.2, 0) is 20.9 Å². The minimum Gasteiger partial charge on any atom is -0.497 e. The summed E-state index contributed by atoms with van der Waals surface area (Å²) in [5.74, 6) is 2.11. The van der Waals surface area contributed by atoms with Gasteiger partial charge < -0.3 is 18.8 Å². The summed E-state index contributed by atoms with van der Waals surface area (Å²) in [5.41, 5.74) is 2.29. The number of halogens is 1. The average Bonchev–Trinajstić information content (AvgIpc) is 3.06. The topological polar surface area (TPSA) is 82.2 Å². The lowest BCUT2D eigenvalue weighted by Crippen LogP contribution is -2.06. The molecule has 2 aromatic heterocycles. The van der Waals surface area contributed by atoms with Gasteiger partial charge in [0.1, 0.15) is 24.2 Å². The number of nitriles is 1. The van der Waals surface area contributed by atoms with E-state index in [0.717, 1.165) is 5.75 Å². The summed E-state index contributed by atoms with van der Waals surface area (Å²) in [5, 5.41) is 11.5. The monoisotopic (exact) mass is 478 g/mol. The van der Waals surface area contributed by atoms with Gasteiger partial charge in [-0.3, -0.25) is 0 Å². The maximum Gasteiger partial charge on any atom is 0.189 e. The molecule has 0 aromatic carbocycles. The van der Waals surface area contributed by atoms with Crippen molar-refractivity contribution < 1.29 is 14.2 Å². The Morgan fingerprint density at radius 3 is 2.71 bits per heavy atom. The van der Waals surface area contributed by atoms with Gasteiger partial charge in [-0.25, -0.2) is 9.97 Å². The molecule has 1 aliphatic carbocycles. The molecule has 0 radical (unpaired) electrons. The van der Waals surface area contributed by atoms with Gasteiger partial charge in [0.05, 0.1) is 37.5 Å². The van der Waals surface area contributed by atoms with Gasteiger partial charge in [-0.05, 0) is 18.6 Å². The fourth-order valence-electron chi connectivity index (χ4n) is 3.15. The van der Waals surface area contributed by atoms with Crippen molar-refractivity contribution >= 4 is 51.7 Å². The molecular formula is C21H23ClN4O3S2. The molecule has 0 N–H and O–H groups in total. The normalized spacial score (nSPS) is 14.2. The molecule has 0 unspecified atom stereocenters. The maximum atomic E-state index is 9.82. The molecule has 0 spiro atoms. The number of hydrogen-bond donors (Lipinski definition) is 0. The number of methoxy groups -OCH3 is 2. The molecule has 0 aliphatic heterocycles. The Kier molecular flexibility index (Phi) is 8.32. The van der Waals surface area contributed by atoms with E-state index in [1.165, 1.54) is 11.8 Å². The van der Waals surface area contributed by atoms with E-state index in [2.05, 4.69) is 11.1 Å². The number of nitrogens with zero attached hydrogens (tertiary/aromatic N) is 4. The molecule has 0 amide bonds. The van der Waals surface area contributed by atoms with Crippen molar-refractivity contribution in [2.24, 2.45) is 0 Å². The molecule has 1 aliphatic rings. The van der Waals surface area contributed by atoms with E-state index in [1.807, 2.05) is 23.2 Å². The van der Waals surface area contributed by atoms with Gasteiger partial charge in [-0.15, -0.1) is 0 Å². The largest absolute Gasteiger partial charge is 0.497 e. The molecule has 10 heteroatoms. The van der Waals surface area contributed by atoms with Crippen LogP contribution in [-0.4, -0.2) is 53.6 Å². The lowest BCUT2D eigenvalue weighted by molar-refractivity contribution is 0.0926. The predicted octanol–water partition coefficient (Wildman–Crippen LogP) is 4.78. The smallest absolute Gasteiger partial charge is 0.189 e. The number of hydrogen-bond acceptors (Lipinski definition) is 8. The van der Waals surface area contributed by atoms with Crippen molar-refractivity contribution in [1.82, 2.24) is 14.5 Å². The summed E-state index contributed by atoms with van der Waals surface area (Å²) in [6.45, 7) is 0.903. The zero-order valence-electron chi connectivity index (χ0n) is 17.8. The van der Waals surface area contributed by atoms with Crippen LogP contribution in [0.25, 0.3) is 16.6 Å². The van der Waals surface area contributed by atoms with E-state index in [4.69, 9.17) is 30.8 Å². The summed E-state index contributed by atoms with van der Waals surface area (Å²) in [7, 11) is 3.17. The Balaban J connectivity index is 2.22.